The normalized spacial score (nSPS) is 11.7. The van der Waals surface area contributed by atoms with Gasteiger partial charge in [-0.05, 0) is 78.7 Å². The van der Waals surface area contributed by atoms with Crippen LogP contribution < -0.4 is 10.5 Å². The van der Waals surface area contributed by atoms with Crippen molar-refractivity contribution in [3.63, 3.8) is 0 Å². The summed E-state index contributed by atoms with van der Waals surface area (Å²) in [6.45, 7) is 7.52. The summed E-state index contributed by atoms with van der Waals surface area (Å²) >= 11 is 0. The van der Waals surface area contributed by atoms with Crippen LogP contribution >= 0.6 is 0 Å². The number of hydrogen-bond donors (Lipinski definition) is 2. The van der Waals surface area contributed by atoms with Gasteiger partial charge in [0.05, 0.1) is 0 Å². The molecular weight excluding hydrogens is 380 g/mol. The summed E-state index contributed by atoms with van der Waals surface area (Å²) < 4.78 is 6.09. The first-order valence-corrected chi connectivity index (χ1v) is 11.1. The van der Waals surface area contributed by atoms with Crippen LogP contribution in [0.4, 0.5) is 0 Å². The highest BCUT2D eigenvalue weighted by molar-refractivity contribution is 5.91. The van der Waals surface area contributed by atoms with E-state index < -0.39 is 0 Å². The van der Waals surface area contributed by atoms with E-state index in [0.717, 1.165) is 42.9 Å². The Morgan fingerprint density at radius 1 is 0.839 bits per heavy atom. The first-order valence-electron chi connectivity index (χ1n) is 11.1. The number of nitrogens with one attached hydrogen (secondary N) is 1. The number of aryl methyl sites for hydroxylation is 1. The zero-order valence-electron chi connectivity index (χ0n) is 18.7. The number of nitrogens with two attached hydrogens (primary N) is 1. The summed E-state index contributed by atoms with van der Waals surface area (Å²) in [4.78, 5) is 3.69. The van der Waals surface area contributed by atoms with Gasteiger partial charge in [-0.2, -0.15) is 0 Å². The van der Waals surface area contributed by atoms with Crippen LogP contribution in [0, 0.1) is 0 Å². The molecule has 4 aromatic rings. The van der Waals surface area contributed by atoms with E-state index in [2.05, 4.69) is 62.2 Å². The lowest BCUT2D eigenvalue weighted by Crippen LogP contribution is -2.10. The van der Waals surface area contributed by atoms with Crippen molar-refractivity contribution in [2.75, 3.05) is 6.54 Å². The van der Waals surface area contributed by atoms with Gasteiger partial charge in [0.25, 0.3) is 0 Å². The van der Waals surface area contributed by atoms with E-state index >= 15 is 0 Å². The number of ether oxygens (including phenoxy) is 1. The van der Waals surface area contributed by atoms with Crippen LogP contribution in [0.1, 0.15) is 44.7 Å². The van der Waals surface area contributed by atoms with Crippen molar-refractivity contribution in [3.8, 4) is 22.8 Å². The minimum absolute atomic E-state index is 0.115. The zero-order chi connectivity index (χ0) is 21.8. The Kier molecular flexibility index (Phi) is 6.15. The number of aromatic nitrogens is 1. The molecule has 0 saturated carbocycles. The van der Waals surface area contributed by atoms with Gasteiger partial charge >= 0.3 is 0 Å². The fraction of sp³-hybridized carbons (Fsp3) is 0.286. The summed E-state index contributed by atoms with van der Waals surface area (Å²) in [7, 11) is 0. The zero-order valence-corrected chi connectivity index (χ0v) is 18.7. The summed E-state index contributed by atoms with van der Waals surface area (Å²) in [6.07, 6.45) is 3.11. The Morgan fingerprint density at radius 3 is 2.35 bits per heavy atom. The largest absolute Gasteiger partial charge is 0.457 e. The monoisotopic (exact) mass is 412 g/mol. The molecule has 0 spiro atoms. The third-order valence-electron chi connectivity index (χ3n) is 5.75. The van der Waals surface area contributed by atoms with Gasteiger partial charge in [-0.15, -0.1) is 0 Å². The molecule has 0 fully saturated rings. The molecule has 0 unspecified atom stereocenters. The Bertz CT molecular complexity index is 1150. The molecule has 0 atom stereocenters. The number of rotatable bonds is 7. The maximum Gasteiger partial charge on any atom is 0.128 e. The van der Waals surface area contributed by atoms with E-state index in [0.29, 0.717) is 0 Å². The Morgan fingerprint density at radius 2 is 1.61 bits per heavy atom. The van der Waals surface area contributed by atoms with Crippen molar-refractivity contribution in [1.82, 2.24) is 4.98 Å². The molecule has 1 heterocycles. The van der Waals surface area contributed by atoms with Gasteiger partial charge in [-0.1, -0.05) is 57.2 Å². The predicted octanol–water partition coefficient (Wildman–Crippen LogP) is 7.21. The average molecular weight is 413 g/mol. The molecule has 0 bridgehead atoms. The van der Waals surface area contributed by atoms with Crippen molar-refractivity contribution >= 4 is 10.9 Å². The second kappa shape index (κ2) is 8.99. The van der Waals surface area contributed by atoms with E-state index in [1.807, 2.05) is 36.4 Å². The molecule has 0 saturated heterocycles. The van der Waals surface area contributed by atoms with Crippen LogP contribution in [0.2, 0.25) is 0 Å². The first-order chi connectivity index (χ1) is 15.0. The lowest BCUT2D eigenvalue weighted by molar-refractivity contribution is 0.483. The SMILES string of the molecule is CC(C)(C)c1ccc2[nH]c(-c3cccc(Oc4ccccc4)c3)c(CCCCN)c2c1. The minimum Gasteiger partial charge on any atom is -0.457 e. The molecule has 3 heteroatoms. The third kappa shape index (κ3) is 4.83. The van der Waals surface area contributed by atoms with Gasteiger partial charge < -0.3 is 15.5 Å². The topological polar surface area (TPSA) is 51.0 Å². The quantitative estimate of drug-likeness (QED) is 0.315. The lowest BCUT2D eigenvalue weighted by atomic mass is 9.86. The number of unbranched alkanes of at least 4 members (excludes halogenated alkanes) is 1. The predicted molar refractivity (Wildman–Crippen MR) is 131 cm³/mol. The van der Waals surface area contributed by atoms with Gasteiger partial charge in [0, 0.05) is 22.2 Å². The van der Waals surface area contributed by atoms with Gasteiger partial charge in [-0.3, -0.25) is 0 Å². The van der Waals surface area contributed by atoms with Gasteiger partial charge in [0.2, 0.25) is 0 Å². The van der Waals surface area contributed by atoms with Crippen molar-refractivity contribution in [2.24, 2.45) is 5.73 Å². The molecule has 160 valence electrons. The Labute approximate surface area is 185 Å². The Balaban J connectivity index is 1.77. The maximum absolute atomic E-state index is 6.09. The van der Waals surface area contributed by atoms with E-state index in [-0.39, 0.29) is 5.41 Å². The highest BCUT2D eigenvalue weighted by Gasteiger charge is 2.18. The summed E-state index contributed by atoms with van der Waals surface area (Å²) in [5.41, 5.74) is 12.1. The van der Waals surface area contributed by atoms with E-state index in [9.17, 15) is 0 Å². The lowest BCUT2D eigenvalue weighted by Gasteiger charge is -2.19. The van der Waals surface area contributed by atoms with Crippen molar-refractivity contribution in [2.45, 2.75) is 45.4 Å². The highest BCUT2D eigenvalue weighted by Crippen LogP contribution is 2.36. The molecule has 3 aromatic carbocycles. The average Bonchev–Trinajstić information content (AvgIpc) is 3.12. The second-order valence-electron chi connectivity index (χ2n) is 9.18. The second-order valence-corrected chi connectivity index (χ2v) is 9.18. The van der Waals surface area contributed by atoms with Crippen LogP contribution in [0.5, 0.6) is 11.5 Å². The molecule has 0 amide bonds. The van der Waals surface area contributed by atoms with Gasteiger partial charge in [-0.25, -0.2) is 0 Å². The summed E-state index contributed by atoms with van der Waals surface area (Å²) in [6, 6.07) is 25.1. The first kappa shape index (κ1) is 21.2. The Hall–Kier alpha value is -3.04. The van der Waals surface area contributed by atoms with E-state index in [1.165, 1.54) is 27.7 Å². The number of aromatic amines is 1. The minimum atomic E-state index is 0.115. The third-order valence-corrected chi connectivity index (χ3v) is 5.75. The van der Waals surface area contributed by atoms with Crippen LogP contribution in [0.3, 0.4) is 0 Å². The van der Waals surface area contributed by atoms with Crippen molar-refractivity contribution in [1.29, 1.82) is 0 Å². The highest BCUT2D eigenvalue weighted by atomic mass is 16.5. The van der Waals surface area contributed by atoms with Crippen molar-refractivity contribution < 1.29 is 4.74 Å². The summed E-state index contributed by atoms with van der Waals surface area (Å²) in [5, 5.41) is 1.31. The molecule has 0 aliphatic rings. The van der Waals surface area contributed by atoms with Crippen LogP contribution in [-0.4, -0.2) is 11.5 Å². The smallest absolute Gasteiger partial charge is 0.128 e. The van der Waals surface area contributed by atoms with Crippen LogP contribution in [0.15, 0.2) is 72.8 Å². The van der Waals surface area contributed by atoms with Crippen molar-refractivity contribution in [3.05, 3.63) is 83.9 Å². The standard InChI is InChI=1S/C28H32N2O/c1-28(2,3)21-15-16-26-25(19-21)24(14-7-8-17-29)27(30-26)20-10-9-13-23(18-20)31-22-11-5-4-6-12-22/h4-6,9-13,15-16,18-19,30H,7-8,14,17,29H2,1-3H3. The number of fused-ring (bicyclic) bond motifs is 1. The molecule has 31 heavy (non-hydrogen) atoms. The molecule has 0 radical (unpaired) electrons. The van der Waals surface area contributed by atoms with Gasteiger partial charge in [0.1, 0.15) is 11.5 Å². The van der Waals surface area contributed by atoms with E-state index in [4.69, 9.17) is 10.5 Å². The number of hydrogen-bond acceptors (Lipinski definition) is 2. The maximum atomic E-state index is 6.09. The number of para-hydroxylation sites is 1. The summed E-state index contributed by atoms with van der Waals surface area (Å²) in [5.74, 6) is 1.68. The molecule has 0 aliphatic heterocycles. The molecule has 1 aromatic heterocycles. The molecule has 0 aliphatic carbocycles. The van der Waals surface area contributed by atoms with Crippen LogP contribution in [0.25, 0.3) is 22.2 Å². The van der Waals surface area contributed by atoms with Gasteiger partial charge in [0.15, 0.2) is 0 Å². The number of benzene rings is 3. The van der Waals surface area contributed by atoms with E-state index in [1.54, 1.807) is 0 Å². The molecular formula is C28H32N2O. The molecule has 3 nitrogen and oxygen atoms in total. The number of H-pyrrole nitrogens is 1. The fourth-order valence-corrected chi connectivity index (χ4v) is 4.01. The van der Waals surface area contributed by atoms with Crippen LogP contribution in [-0.2, 0) is 11.8 Å². The molecule has 3 N–H and O–H groups in total. The fourth-order valence-electron chi connectivity index (χ4n) is 4.01. The molecule has 4 rings (SSSR count).